The van der Waals surface area contributed by atoms with Crippen LogP contribution >= 0.6 is 15.9 Å². The van der Waals surface area contributed by atoms with E-state index in [2.05, 4.69) is 28.2 Å². The Labute approximate surface area is 111 Å². The summed E-state index contributed by atoms with van der Waals surface area (Å²) in [5.41, 5.74) is 0.458. The van der Waals surface area contributed by atoms with E-state index in [0.29, 0.717) is 6.54 Å². The average Bonchev–Trinajstić information content (AvgIpc) is 2.24. The molecule has 0 aromatic heterocycles. The first-order chi connectivity index (χ1) is 7.83. The molecule has 17 heavy (non-hydrogen) atoms. The quantitative estimate of drug-likeness (QED) is 0.879. The highest BCUT2D eigenvalue weighted by molar-refractivity contribution is 9.10. The maximum Gasteiger partial charge on any atom is 0.133 e. The second kappa shape index (κ2) is 5.85. The normalized spacial score (nSPS) is 13.5. The molecule has 0 amide bonds. The highest BCUT2D eigenvalue weighted by atomic mass is 79.9. The number of ether oxygens (including phenoxy) is 1. The zero-order valence-electron chi connectivity index (χ0n) is 10.7. The summed E-state index contributed by atoms with van der Waals surface area (Å²) >= 11 is 3.46. The number of halogens is 1. The first kappa shape index (κ1) is 14.5. The van der Waals surface area contributed by atoms with E-state index in [4.69, 9.17) is 4.74 Å². The van der Waals surface area contributed by atoms with Gasteiger partial charge in [0.1, 0.15) is 5.75 Å². The van der Waals surface area contributed by atoms with Crippen molar-refractivity contribution in [2.45, 2.75) is 32.4 Å². The molecule has 1 unspecified atom stereocenters. The van der Waals surface area contributed by atoms with E-state index in [1.54, 1.807) is 21.0 Å². The summed E-state index contributed by atoms with van der Waals surface area (Å²) in [4.78, 5) is 0. The van der Waals surface area contributed by atoms with Crippen LogP contribution < -0.4 is 10.1 Å². The van der Waals surface area contributed by atoms with Crippen molar-refractivity contribution >= 4 is 15.9 Å². The minimum absolute atomic E-state index is 0.184. The van der Waals surface area contributed by atoms with Crippen LogP contribution in [0.3, 0.4) is 0 Å². The highest BCUT2D eigenvalue weighted by Gasteiger charge is 2.15. The predicted octanol–water partition coefficient (Wildman–Crippen LogP) is 2.88. The first-order valence-electron chi connectivity index (χ1n) is 5.62. The van der Waals surface area contributed by atoms with Crippen molar-refractivity contribution < 1.29 is 9.84 Å². The highest BCUT2D eigenvalue weighted by Crippen LogP contribution is 2.28. The van der Waals surface area contributed by atoms with Crippen LogP contribution in [0.2, 0.25) is 0 Å². The molecular formula is C13H20BrNO2. The Morgan fingerprint density at radius 1 is 1.47 bits per heavy atom. The van der Waals surface area contributed by atoms with E-state index >= 15 is 0 Å². The third kappa shape index (κ3) is 4.66. The topological polar surface area (TPSA) is 41.5 Å². The lowest BCUT2D eigenvalue weighted by Gasteiger charge is -2.22. The Kier molecular flexibility index (Phi) is 4.98. The maximum absolute atomic E-state index is 9.66. The lowest BCUT2D eigenvalue weighted by molar-refractivity contribution is 0.0770. The second-order valence-corrected chi connectivity index (χ2v) is 5.66. The smallest absolute Gasteiger partial charge is 0.133 e. The van der Waals surface area contributed by atoms with Crippen molar-refractivity contribution in [2.75, 3.05) is 13.7 Å². The Bertz CT molecular complexity index is 374. The summed E-state index contributed by atoms with van der Waals surface area (Å²) in [6.07, 6.45) is 0. The van der Waals surface area contributed by atoms with Crippen LogP contribution in [0.15, 0.2) is 22.7 Å². The molecule has 1 aromatic carbocycles. The lowest BCUT2D eigenvalue weighted by atomic mass is 10.1. The summed E-state index contributed by atoms with van der Waals surface area (Å²) in [6.45, 7) is 6.20. The largest absolute Gasteiger partial charge is 0.496 e. The molecule has 0 saturated heterocycles. The minimum atomic E-state index is -0.696. The molecular weight excluding hydrogens is 282 g/mol. The molecule has 0 aliphatic heterocycles. The summed E-state index contributed by atoms with van der Waals surface area (Å²) in [7, 11) is 1.65. The maximum atomic E-state index is 9.66. The summed E-state index contributed by atoms with van der Waals surface area (Å²) < 4.78 is 6.13. The summed E-state index contributed by atoms with van der Waals surface area (Å²) in [5.74, 6) is 0.823. The minimum Gasteiger partial charge on any atom is -0.496 e. The van der Waals surface area contributed by atoms with Gasteiger partial charge in [-0.2, -0.15) is 0 Å². The number of benzene rings is 1. The molecule has 0 fully saturated rings. The van der Waals surface area contributed by atoms with Gasteiger partial charge < -0.3 is 15.2 Å². The van der Waals surface area contributed by atoms with Gasteiger partial charge in [0.05, 0.1) is 17.2 Å². The third-order valence-corrected chi connectivity index (χ3v) is 3.14. The number of rotatable bonds is 5. The average molecular weight is 302 g/mol. The van der Waals surface area contributed by atoms with Crippen molar-refractivity contribution in [1.82, 2.24) is 5.32 Å². The van der Waals surface area contributed by atoms with Gasteiger partial charge in [-0.15, -0.1) is 0 Å². The SMILES string of the molecule is COc1ccc(C(C)NCC(C)(C)O)cc1Br. The van der Waals surface area contributed by atoms with Gasteiger partial charge in [-0.3, -0.25) is 0 Å². The fourth-order valence-electron chi connectivity index (χ4n) is 1.47. The monoisotopic (exact) mass is 301 g/mol. The van der Waals surface area contributed by atoms with E-state index in [9.17, 15) is 5.11 Å². The number of methoxy groups -OCH3 is 1. The molecule has 1 atom stereocenters. The molecule has 0 heterocycles. The van der Waals surface area contributed by atoms with Crippen LogP contribution in [-0.4, -0.2) is 24.4 Å². The second-order valence-electron chi connectivity index (χ2n) is 4.81. The number of hydrogen-bond donors (Lipinski definition) is 2. The Morgan fingerprint density at radius 2 is 2.12 bits per heavy atom. The molecule has 1 aromatic rings. The fourth-order valence-corrected chi connectivity index (χ4v) is 2.03. The van der Waals surface area contributed by atoms with Gasteiger partial charge in [-0.05, 0) is 54.4 Å². The molecule has 3 nitrogen and oxygen atoms in total. The Hall–Kier alpha value is -0.580. The van der Waals surface area contributed by atoms with Crippen LogP contribution in [-0.2, 0) is 0 Å². The van der Waals surface area contributed by atoms with E-state index in [1.165, 1.54) is 0 Å². The van der Waals surface area contributed by atoms with Gasteiger partial charge in [0, 0.05) is 12.6 Å². The third-order valence-electron chi connectivity index (χ3n) is 2.52. The van der Waals surface area contributed by atoms with Gasteiger partial charge in [0.15, 0.2) is 0 Å². The number of hydrogen-bond acceptors (Lipinski definition) is 3. The van der Waals surface area contributed by atoms with E-state index in [-0.39, 0.29) is 6.04 Å². The lowest BCUT2D eigenvalue weighted by Crippen LogP contribution is -2.36. The molecule has 0 aliphatic carbocycles. The molecule has 1 rings (SSSR count). The molecule has 0 saturated carbocycles. The van der Waals surface area contributed by atoms with Crippen molar-refractivity contribution in [3.63, 3.8) is 0 Å². The number of aliphatic hydroxyl groups is 1. The zero-order chi connectivity index (χ0) is 13.1. The predicted molar refractivity (Wildman–Crippen MR) is 73.4 cm³/mol. The van der Waals surface area contributed by atoms with E-state index in [1.807, 2.05) is 18.2 Å². The standard InChI is InChI=1S/C13H20BrNO2/c1-9(15-8-13(2,3)16)10-5-6-12(17-4)11(14)7-10/h5-7,9,15-16H,8H2,1-4H3. The first-order valence-corrected chi connectivity index (χ1v) is 6.42. The molecule has 4 heteroatoms. The Morgan fingerprint density at radius 3 is 2.59 bits per heavy atom. The van der Waals surface area contributed by atoms with E-state index < -0.39 is 5.60 Å². The van der Waals surface area contributed by atoms with Crippen molar-refractivity contribution in [2.24, 2.45) is 0 Å². The van der Waals surface area contributed by atoms with Crippen LogP contribution in [0.5, 0.6) is 5.75 Å². The van der Waals surface area contributed by atoms with Crippen LogP contribution in [0, 0.1) is 0 Å². The van der Waals surface area contributed by atoms with E-state index in [0.717, 1.165) is 15.8 Å². The van der Waals surface area contributed by atoms with Crippen LogP contribution in [0.1, 0.15) is 32.4 Å². The van der Waals surface area contributed by atoms with Crippen LogP contribution in [0.25, 0.3) is 0 Å². The molecule has 0 bridgehead atoms. The van der Waals surface area contributed by atoms with Crippen molar-refractivity contribution in [1.29, 1.82) is 0 Å². The molecule has 0 radical (unpaired) electrons. The summed E-state index contributed by atoms with van der Waals surface area (Å²) in [6, 6.07) is 6.16. The molecule has 0 aliphatic rings. The van der Waals surface area contributed by atoms with Crippen molar-refractivity contribution in [3.8, 4) is 5.75 Å². The van der Waals surface area contributed by atoms with Gasteiger partial charge in [0.25, 0.3) is 0 Å². The fraction of sp³-hybridized carbons (Fsp3) is 0.538. The van der Waals surface area contributed by atoms with Gasteiger partial charge >= 0.3 is 0 Å². The number of nitrogens with one attached hydrogen (secondary N) is 1. The van der Waals surface area contributed by atoms with Gasteiger partial charge in [-0.25, -0.2) is 0 Å². The zero-order valence-corrected chi connectivity index (χ0v) is 12.3. The Balaban J connectivity index is 2.69. The van der Waals surface area contributed by atoms with Gasteiger partial charge in [0.2, 0.25) is 0 Å². The molecule has 0 spiro atoms. The van der Waals surface area contributed by atoms with Gasteiger partial charge in [-0.1, -0.05) is 6.07 Å². The molecule has 96 valence electrons. The molecule has 2 N–H and O–H groups in total. The van der Waals surface area contributed by atoms with Crippen molar-refractivity contribution in [3.05, 3.63) is 28.2 Å². The van der Waals surface area contributed by atoms with Crippen LogP contribution in [0.4, 0.5) is 0 Å². The summed E-state index contributed by atoms with van der Waals surface area (Å²) in [5, 5.41) is 13.0.